The van der Waals surface area contributed by atoms with Crippen molar-refractivity contribution in [3.63, 3.8) is 0 Å². The van der Waals surface area contributed by atoms with Gasteiger partial charge in [-0.05, 0) is 73.7 Å². The molecule has 4 rings (SSSR count). The van der Waals surface area contributed by atoms with E-state index in [-0.39, 0.29) is 42.7 Å². The summed E-state index contributed by atoms with van der Waals surface area (Å²) in [5.41, 5.74) is 2.79. The van der Waals surface area contributed by atoms with Crippen molar-refractivity contribution in [2.24, 2.45) is 0 Å². The van der Waals surface area contributed by atoms with Gasteiger partial charge in [0.15, 0.2) is 11.6 Å². The molecule has 2 unspecified atom stereocenters. The molecule has 0 saturated heterocycles. The van der Waals surface area contributed by atoms with Crippen molar-refractivity contribution in [3.05, 3.63) is 64.7 Å². The van der Waals surface area contributed by atoms with Gasteiger partial charge in [0.05, 0.1) is 6.26 Å². The number of benzene rings is 2. The lowest BCUT2D eigenvalue weighted by Gasteiger charge is -2.21. The maximum atomic E-state index is 14.7. The third kappa shape index (κ3) is 5.07. The molecule has 0 aliphatic heterocycles. The average Bonchev–Trinajstić information content (AvgIpc) is 3.48. The first-order valence-electron chi connectivity index (χ1n) is 10.6. The van der Waals surface area contributed by atoms with Gasteiger partial charge in [-0.3, -0.25) is 0 Å². The first-order chi connectivity index (χ1) is 14.8. The van der Waals surface area contributed by atoms with Crippen LogP contribution in [0.25, 0.3) is 0 Å². The number of likely N-dealkylation sites (N-methyl/N-ethyl adjacent to an activating group) is 1. The number of nitrogens with one attached hydrogen (secondary N) is 1. The molecular weight excluding hydrogens is 422 g/mol. The quantitative estimate of drug-likeness (QED) is 0.637. The molecule has 8 heteroatoms. The maximum Gasteiger partial charge on any atom is 0.211 e. The molecule has 168 valence electrons. The predicted molar refractivity (Wildman–Crippen MR) is 116 cm³/mol. The number of sulfonamides is 1. The number of nitrogens with zero attached hydrogens (tertiary/aromatic N) is 1. The summed E-state index contributed by atoms with van der Waals surface area (Å²) in [6, 6.07) is 9.93. The van der Waals surface area contributed by atoms with E-state index in [1.54, 1.807) is 12.1 Å². The number of hydrogen-bond donors (Lipinski definition) is 1. The minimum Gasteiger partial charge on any atom is -0.489 e. The van der Waals surface area contributed by atoms with Crippen molar-refractivity contribution < 1.29 is 21.9 Å². The van der Waals surface area contributed by atoms with Gasteiger partial charge in [-0.25, -0.2) is 17.2 Å². The molecule has 1 N–H and O–H groups in total. The van der Waals surface area contributed by atoms with Gasteiger partial charge < -0.3 is 10.1 Å². The number of halogens is 2. The molecule has 0 aromatic heterocycles. The second-order valence-electron chi connectivity index (χ2n) is 8.47. The fourth-order valence-electron chi connectivity index (χ4n) is 4.54. The van der Waals surface area contributed by atoms with E-state index in [1.807, 2.05) is 13.1 Å². The van der Waals surface area contributed by atoms with E-state index < -0.39 is 15.8 Å². The number of fused-ring (bicyclic) bond motifs is 1. The molecule has 0 spiro atoms. The lowest BCUT2D eigenvalue weighted by molar-refractivity contribution is 0.260. The summed E-state index contributed by atoms with van der Waals surface area (Å²) in [4.78, 5) is 0. The number of hydrogen-bond acceptors (Lipinski definition) is 4. The van der Waals surface area contributed by atoms with Crippen LogP contribution in [0.1, 0.15) is 35.4 Å². The summed E-state index contributed by atoms with van der Waals surface area (Å²) in [6.07, 6.45) is 4.22. The van der Waals surface area contributed by atoms with Gasteiger partial charge in [0.2, 0.25) is 10.0 Å². The van der Waals surface area contributed by atoms with Crippen molar-refractivity contribution >= 4 is 10.0 Å². The summed E-state index contributed by atoms with van der Waals surface area (Å²) < 4.78 is 59.4. The lowest BCUT2D eigenvalue weighted by atomic mass is 9.90. The van der Waals surface area contributed by atoms with Crippen LogP contribution in [0.3, 0.4) is 0 Å². The van der Waals surface area contributed by atoms with E-state index in [1.165, 1.54) is 28.8 Å². The van der Waals surface area contributed by atoms with Crippen molar-refractivity contribution in [1.29, 1.82) is 0 Å². The summed E-state index contributed by atoms with van der Waals surface area (Å²) in [5, 5.41) is 3.30. The van der Waals surface area contributed by atoms with Crippen molar-refractivity contribution in [1.82, 2.24) is 9.62 Å². The van der Waals surface area contributed by atoms with Crippen molar-refractivity contribution in [2.75, 3.05) is 26.5 Å². The fraction of sp³-hybridized carbons (Fsp3) is 0.478. The molecule has 0 amide bonds. The summed E-state index contributed by atoms with van der Waals surface area (Å²) >= 11 is 0. The van der Waals surface area contributed by atoms with Gasteiger partial charge in [0, 0.05) is 24.5 Å². The van der Waals surface area contributed by atoms with Crippen LogP contribution in [0.4, 0.5) is 8.78 Å². The first kappa shape index (κ1) is 22.2. The first-order valence-corrected chi connectivity index (χ1v) is 12.4. The molecule has 0 radical (unpaired) electrons. The van der Waals surface area contributed by atoms with Gasteiger partial charge >= 0.3 is 0 Å². The van der Waals surface area contributed by atoms with Crippen LogP contribution in [0.5, 0.6) is 5.75 Å². The highest BCUT2D eigenvalue weighted by atomic mass is 32.2. The molecule has 1 saturated carbocycles. The minimum absolute atomic E-state index is 0.0375. The highest BCUT2D eigenvalue weighted by molar-refractivity contribution is 7.88. The Hall–Kier alpha value is -2.03. The number of ether oxygens (including phenoxy) is 1. The van der Waals surface area contributed by atoms with E-state index >= 15 is 0 Å². The van der Waals surface area contributed by atoms with E-state index in [0.717, 1.165) is 29.5 Å². The molecule has 31 heavy (non-hydrogen) atoms. The maximum absolute atomic E-state index is 14.7. The highest BCUT2D eigenvalue weighted by Crippen LogP contribution is 2.39. The number of rotatable bonds is 9. The monoisotopic (exact) mass is 450 g/mol. The standard InChI is InChI=1S/C23H28F2N2O3S/c1-26-22-13-16-12-21(25)23(30-9-8-27(18-6-7-18)31(2,28)29)14-19(16)20(22)11-15-4-3-5-17(24)10-15/h3-5,10,12,14,18,20,22,26H,6-9,11,13H2,1-2H3. The molecule has 2 aliphatic rings. The molecule has 2 aromatic rings. The third-order valence-corrected chi connectivity index (χ3v) is 7.52. The highest BCUT2D eigenvalue weighted by Gasteiger charge is 2.35. The van der Waals surface area contributed by atoms with Crippen LogP contribution in [0.2, 0.25) is 0 Å². The van der Waals surface area contributed by atoms with Crippen LogP contribution in [0.15, 0.2) is 36.4 Å². The minimum atomic E-state index is -3.31. The SMILES string of the molecule is CNC1Cc2cc(F)c(OCCN(C3CC3)S(C)(=O)=O)cc2C1Cc1cccc(F)c1. The molecular formula is C23H28F2N2O3S. The van der Waals surface area contributed by atoms with Gasteiger partial charge in [-0.15, -0.1) is 0 Å². The topological polar surface area (TPSA) is 58.6 Å². The Morgan fingerprint density at radius 3 is 2.61 bits per heavy atom. The second-order valence-corrected chi connectivity index (χ2v) is 10.4. The molecule has 2 aliphatic carbocycles. The van der Waals surface area contributed by atoms with Crippen LogP contribution in [0, 0.1) is 11.6 Å². The summed E-state index contributed by atoms with van der Waals surface area (Å²) in [5.74, 6) is -0.531. The molecule has 2 atom stereocenters. The van der Waals surface area contributed by atoms with E-state index in [2.05, 4.69) is 5.32 Å². The van der Waals surface area contributed by atoms with Crippen molar-refractivity contribution in [2.45, 2.75) is 43.7 Å². The summed E-state index contributed by atoms with van der Waals surface area (Å²) in [6.45, 7) is 0.287. The van der Waals surface area contributed by atoms with E-state index in [9.17, 15) is 17.2 Å². The predicted octanol–water partition coefficient (Wildman–Crippen LogP) is 3.24. The average molecular weight is 451 g/mol. The Morgan fingerprint density at radius 2 is 1.97 bits per heavy atom. The second kappa shape index (κ2) is 8.84. The zero-order valence-corrected chi connectivity index (χ0v) is 18.6. The van der Waals surface area contributed by atoms with Gasteiger partial charge in [-0.2, -0.15) is 4.31 Å². The van der Waals surface area contributed by atoms with E-state index in [0.29, 0.717) is 12.8 Å². The molecule has 1 fully saturated rings. The Kier molecular flexibility index (Phi) is 6.32. The van der Waals surface area contributed by atoms with Gasteiger partial charge in [0.1, 0.15) is 12.4 Å². The molecule has 2 aromatic carbocycles. The smallest absolute Gasteiger partial charge is 0.211 e. The zero-order chi connectivity index (χ0) is 22.2. The fourth-order valence-corrected chi connectivity index (χ4v) is 5.70. The zero-order valence-electron chi connectivity index (χ0n) is 17.8. The van der Waals surface area contributed by atoms with Gasteiger partial charge in [0.25, 0.3) is 0 Å². The Labute approximate surface area is 182 Å². The van der Waals surface area contributed by atoms with Gasteiger partial charge in [-0.1, -0.05) is 12.1 Å². The molecule has 0 bridgehead atoms. The normalized spacial score (nSPS) is 20.8. The summed E-state index contributed by atoms with van der Waals surface area (Å²) in [7, 11) is -1.44. The van der Waals surface area contributed by atoms with Crippen LogP contribution in [-0.2, 0) is 22.9 Å². The lowest BCUT2D eigenvalue weighted by Crippen LogP contribution is -2.35. The van der Waals surface area contributed by atoms with Crippen molar-refractivity contribution in [3.8, 4) is 5.75 Å². The molecule has 0 heterocycles. The third-order valence-electron chi connectivity index (χ3n) is 6.18. The van der Waals surface area contributed by atoms with Crippen LogP contribution in [-0.4, -0.2) is 51.3 Å². The Balaban J connectivity index is 1.51. The Morgan fingerprint density at radius 1 is 1.19 bits per heavy atom. The Bertz CT molecular complexity index is 1060. The van der Waals surface area contributed by atoms with E-state index in [4.69, 9.17) is 4.74 Å². The van der Waals surface area contributed by atoms with Crippen LogP contribution < -0.4 is 10.1 Å². The molecule has 5 nitrogen and oxygen atoms in total. The largest absolute Gasteiger partial charge is 0.489 e. The van der Waals surface area contributed by atoms with Crippen LogP contribution >= 0.6 is 0 Å².